The van der Waals surface area contributed by atoms with E-state index in [1.54, 1.807) is 12.1 Å². The molecule has 0 atom stereocenters. The van der Waals surface area contributed by atoms with Gasteiger partial charge in [0.15, 0.2) is 0 Å². The molecule has 4 rings (SSSR count). The number of nitrogens with zero attached hydrogens (tertiary/aromatic N) is 1. The normalized spacial score (nSPS) is 13.4. The topological polar surface area (TPSA) is 79.9 Å². The molecule has 1 fully saturated rings. The molecular weight excluding hydrogens is 454 g/mol. The van der Waals surface area contributed by atoms with E-state index in [9.17, 15) is 9.59 Å². The summed E-state index contributed by atoms with van der Waals surface area (Å²) in [7, 11) is 0. The second-order valence-corrected chi connectivity index (χ2v) is 8.72. The van der Waals surface area contributed by atoms with Crippen molar-refractivity contribution in [3.8, 4) is 11.5 Å². The predicted octanol–water partition coefficient (Wildman–Crippen LogP) is 5.21. The van der Waals surface area contributed by atoms with Crippen molar-refractivity contribution >= 4 is 23.2 Å². The van der Waals surface area contributed by atoms with Crippen LogP contribution < -0.4 is 20.1 Å². The molecule has 36 heavy (non-hydrogen) atoms. The van der Waals surface area contributed by atoms with Crippen LogP contribution >= 0.6 is 0 Å². The molecule has 0 unspecified atom stereocenters. The Hall–Kier alpha value is -4.00. The zero-order chi connectivity index (χ0) is 25.0. The number of likely N-dealkylation sites (tertiary alicyclic amines) is 1. The summed E-state index contributed by atoms with van der Waals surface area (Å²) in [4.78, 5) is 27.2. The van der Waals surface area contributed by atoms with Crippen LogP contribution in [-0.4, -0.2) is 49.6 Å². The minimum atomic E-state index is -0.177. The molecule has 1 aliphatic rings. The van der Waals surface area contributed by atoms with Crippen molar-refractivity contribution < 1.29 is 19.1 Å². The predicted molar refractivity (Wildman–Crippen MR) is 142 cm³/mol. The van der Waals surface area contributed by atoms with Crippen molar-refractivity contribution in [1.82, 2.24) is 4.90 Å². The molecule has 7 heteroatoms. The van der Waals surface area contributed by atoms with Crippen molar-refractivity contribution in [1.29, 1.82) is 0 Å². The number of hydrogen-bond acceptors (Lipinski definition) is 5. The van der Waals surface area contributed by atoms with Gasteiger partial charge in [0.25, 0.3) is 5.91 Å². The van der Waals surface area contributed by atoms with Gasteiger partial charge in [-0.05, 0) is 67.4 Å². The van der Waals surface area contributed by atoms with Crippen LogP contribution in [0.1, 0.15) is 36.0 Å². The third kappa shape index (κ3) is 7.77. The maximum atomic E-state index is 12.9. The van der Waals surface area contributed by atoms with Gasteiger partial charge < -0.3 is 25.0 Å². The zero-order valence-corrected chi connectivity index (χ0v) is 20.4. The van der Waals surface area contributed by atoms with Gasteiger partial charge in [-0.3, -0.25) is 9.59 Å². The number of carbonyl (C=O) groups is 2. The molecule has 0 saturated carbocycles. The van der Waals surface area contributed by atoms with Gasteiger partial charge in [0.2, 0.25) is 5.91 Å². The lowest BCUT2D eigenvalue weighted by Crippen LogP contribution is -2.31. The Bertz CT molecular complexity index is 1110. The average molecular weight is 488 g/mol. The van der Waals surface area contributed by atoms with Crippen molar-refractivity contribution in [3.05, 3.63) is 84.4 Å². The van der Waals surface area contributed by atoms with Gasteiger partial charge in [-0.1, -0.05) is 37.1 Å². The maximum Gasteiger partial charge on any atom is 0.253 e. The van der Waals surface area contributed by atoms with E-state index in [1.807, 2.05) is 71.6 Å². The molecule has 0 radical (unpaired) electrons. The summed E-state index contributed by atoms with van der Waals surface area (Å²) in [5.41, 5.74) is 2.07. The highest BCUT2D eigenvalue weighted by Gasteiger charge is 2.17. The number of hydrogen-bond donors (Lipinski definition) is 2. The van der Waals surface area contributed by atoms with Crippen LogP contribution in [0.2, 0.25) is 0 Å². The smallest absolute Gasteiger partial charge is 0.253 e. The Morgan fingerprint density at radius 3 is 2.08 bits per heavy atom. The molecule has 1 aliphatic heterocycles. The van der Waals surface area contributed by atoms with Gasteiger partial charge in [0.05, 0.1) is 6.54 Å². The lowest BCUT2D eigenvalue weighted by molar-refractivity contribution is -0.114. The van der Waals surface area contributed by atoms with E-state index in [0.29, 0.717) is 30.2 Å². The van der Waals surface area contributed by atoms with Gasteiger partial charge in [0.1, 0.15) is 24.7 Å². The zero-order valence-electron chi connectivity index (χ0n) is 20.4. The van der Waals surface area contributed by atoms with E-state index < -0.39 is 0 Å². The molecule has 2 amide bonds. The molecule has 2 N–H and O–H groups in total. The molecule has 0 aromatic heterocycles. The maximum absolute atomic E-state index is 12.9. The number of carbonyl (C=O) groups excluding carboxylic acids is 2. The summed E-state index contributed by atoms with van der Waals surface area (Å²) >= 11 is 0. The monoisotopic (exact) mass is 487 g/mol. The molecule has 1 heterocycles. The molecule has 7 nitrogen and oxygen atoms in total. The number of rotatable bonds is 10. The lowest BCUT2D eigenvalue weighted by atomic mass is 10.1. The van der Waals surface area contributed by atoms with Gasteiger partial charge in [-0.25, -0.2) is 0 Å². The second-order valence-electron chi connectivity index (χ2n) is 8.72. The first kappa shape index (κ1) is 25.1. The first-order valence-electron chi connectivity index (χ1n) is 12.5. The lowest BCUT2D eigenvalue weighted by Gasteiger charge is -2.20. The largest absolute Gasteiger partial charge is 0.490 e. The first-order chi connectivity index (χ1) is 17.7. The highest BCUT2D eigenvalue weighted by atomic mass is 16.5. The third-order valence-electron chi connectivity index (χ3n) is 5.96. The standard InChI is InChI=1S/C29H33N3O4/c33-28(22-30-25-10-8-9-23(21-25)29(34)32-17-6-1-2-7-18-32)31-24-13-15-27(16-14-24)36-20-19-35-26-11-4-3-5-12-26/h3-5,8-16,21,30H,1-2,6-7,17-20,22H2,(H,31,33). The van der Waals surface area contributed by atoms with E-state index in [2.05, 4.69) is 10.6 Å². The number of amides is 2. The van der Waals surface area contributed by atoms with Crippen LogP contribution in [0.25, 0.3) is 0 Å². The summed E-state index contributed by atoms with van der Waals surface area (Å²) in [5.74, 6) is 1.39. The van der Waals surface area contributed by atoms with Crippen LogP contribution in [-0.2, 0) is 4.79 Å². The SMILES string of the molecule is O=C(CNc1cccc(C(=O)N2CCCCCC2)c1)Nc1ccc(OCCOc2ccccc2)cc1. The Kier molecular flexibility index (Phi) is 9.19. The average Bonchev–Trinajstić information content (AvgIpc) is 3.21. The molecule has 188 valence electrons. The molecule has 0 bridgehead atoms. The van der Waals surface area contributed by atoms with E-state index in [0.717, 1.165) is 37.4 Å². The molecule has 0 aliphatic carbocycles. The molecule has 1 saturated heterocycles. The fourth-order valence-electron chi connectivity index (χ4n) is 4.08. The Morgan fingerprint density at radius 2 is 1.39 bits per heavy atom. The van der Waals surface area contributed by atoms with Crippen molar-refractivity contribution in [2.45, 2.75) is 25.7 Å². The third-order valence-corrected chi connectivity index (χ3v) is 5.96. The number of anilines is 2. The highest BCUT2D eigenvalue weighted by molar-refractivity contribution is 5.96. The van der Waals surface area contributed by atoms with Gasteiger partial charge >= 0.3 is 0 Å². The number of ether oxygens (including phenoxy) is 2. The second kappa shape index (κ2) is 13.2. The van der Waals surface area contributed by atoms with E-state index in [4.69, 9.17) is 9.47 Å². The molecule has 0 spiro atoms. The van der Waals surface area contributed by atoms with Gasteiger partial charge in [-0.2, -0.15) is 0 Å². The van der Waals surface area contributed by atoms with E-state index in [1.165, 1.54) is 12.8 Å². The first-order valence-corrected chi connectivity index (χ1v) is 12.5. The van der Waals surface area contributed by atoms with Crippen LogP contribution in [0.4, 0.5) is 11.4 Å². The number of benzene rings is 3. The molecule has 3 aromatic carbocycles. The van der Waals surface area contributed by atoms with Crippen LogP contribution in [0.15, 0.2) is 78.9 Å². The number of nitrogens with one attached hydrogen (secondary N) is 2. The van der Waals surface area contributed by atoms with Crippen molar-refractivity contribution in [2.75, 3.05) is 43.5 Å². The van der Waals surface area contributed by atoms with Gasteiger partial charge in [-0.15, -0.1) is 0 Å². The quantitative estimate of drug-likeness (QED) is 0.384. The summed E-state index contributed by atoms with van der Waals surface area (Å²) < 4.78 is 11.3. The van der Waals surface area contributed by atoms with E-state index >= 15 is 0 Å². The summed E-state index contributed by atoms with van der Waals surface area (Å²) in [6, 6.07) is 24.2. The highest BCUT2D eigenvalue weighted by Crippen LogP contribution is 2.18. The van der Waals surface area contributed by atoms with Gasteiger partial charge in [0, 0.05) is 30.0 Å². The minimum Gasteiger partial charge on any atom is -0.490 e. The molecule has 3 aromatic rings. The Morgan fingerprint density at radius 1 is 0.722 bits per heavy atom. The van der Waals surface area contributed by atoms with E-state index in [-0.39, 0.29) is 18.4 Å². The fourth-order valence-corrected chi connectivity index (χ4v) is 4.08. The van der Waals surface area contributed by atoms with Crippen LogP contribution in [0.3, 0.4) is 0 Å². The van der Waals surface area contributed by atoms with Crippen LogP contribution in [0, 0.1) is 0 Å². The van der Waals surface area contributed by atoms with Crippen molar-refractivity contribution in [2.24, 2.45) is 0 Å². The molecular formula is C29H33N3O4. The number of para-hydroxylation sites is 1. The van der Waals surface area contributed by atoms with Crippen molar-refractivity contribution in [3.63, 3.8) is 0 Å². The summed E-state index contributed by atoms with van der Waals surface area (Å²) in [6.45, 7) is 2.58. The minimum absolute atomic E-state index is 0.0546. The summed E-state index contributed by atoms with van der Waals surface area (Å²) in [6.07, 6.45) is 4.47. The Labute approximate surface area is 212 Å². The van der Waals surface area contributed by atoms with Crippen LogP contribution in [0.5, 0.6) is 11.5 Å². The Balaban J connectivity index is 1.19. The fraction of sp³-hybridized carbons (Fsp3) is 0.310. The summed E-state index contributed by atoms with van der Waals surface area (Å²) in [5, 5.41) is 5.98.